The average Bonchev–Trinajstić information content (AvgIpc) is 2.96. The van der Waals surface area contributed by atoms with Crippen LogP contribution in [0.15, 0.2) is 16.9 Å². The van der Waals surface area contributed by atoms with Crippen molar-refractivity contribution in [3.05, 3.63) is 22.7 Å². The molecule has 3 fully saturated rings. The highest BCUT2D eigenvalue weighted by atomic mass is 79.9. The Balaban J connectivity index is 1.37. The predicted molar refractivity (Wildman–Crippen MR) is 88.6 cm³/mol. The summed E-state index contributed by atoms with van der Waals surface area (Å²) >= 11 is 3.44. The SMILES string of the molecule is Fc1cnc(Br)c(N2CCN([C@@H]3CCC4(CNC4)C3)CC2)c1. The van der Waals surface area contributed by atoms with E-state index in [-0.39, 0.29) is 5.82 Å². The molecular weight excluding hydrogens is 347 g/mol. The maximum atomic E-state index is 13.4. The highest BCUT2D eigenvalue weighted by molar-refractivity contribution is 9.10. The van der Waals surface area contributed by atoms with Crippen LogP contribution in [0.25, 0.3) is 0 Å². The van der Waals surface area contributed by atoms with Crippen molar-refractivity contribution >= 4 is 21.6 Å². The molecule has 1 aromatic heterocycles. The predicted octanol–water partition coefficient (Wildman–Crippen LogP) is 2.25. The summed E-state index contributed by atoms with van der Waals surface area (Å²) in [4.78, 5) is 8.95. The summed E-state index contributed by atoms with van der Waals surface area (Å²) in [7, 11) is 0. The van der Waals surface area contributed by atoms with Gasteiger partial charge in [0.25, 0.3) is 0 Å². The van der Waals surface area contributed by atoms with E-state index in [0.29, 0.717) is 5.41 Å². The number of rotatable bonds is 2. The van der Waals surface area contributed by atoms with Crippen molar-refractivity contribution in [3.63, 3.8) is 0 Å². The van der Waals surface area contributed by atoms with Gasteiger partial charge in [-0.2, -0.15) is 0 Å². The molecule has 120 valence electrons. The van der Waals surface area contributed by atoms with Crippen LogP contribution < -0.4 is 10.2 Å². The van der Waals surface area contributed by atoms with Crippen molar-refractivity contribution in [2.75, 3.05) is 44.2 Å². The van der Waals surface area contributed by atoms with E-state index in [1.54, 1.807) is 6.07 Å². The van der Waals surface area contributed by atoms with Crippen LogP contribution in [0, 0.1) is 11.2 Å². The molecule has 1 atom stereocenters. The van der Waals surface area contributed by atoms with Crippen molar-refractivity contribution < 1.29 is 4.39 Å². The third kappa shape index (κ3) is 2.65. The summed E-state index contributed by atoms with van der Waals surface area (Å²) < 4.78 is 14.2. The number of piperazine rings is 1. The molecule has 1 aromatic rings. The molecule has 0 amide bonds. The number of hydrogen-bond acceptors (Lipinski definition) is 4. The molecule has 2 saturated heterocycles. The van der Waals surface area contributed by atoms with Crippen LogP contribution in [0.2, 0.25) is 0 Å². The third-order valence-electron chi connectivity index (χ3n) is 5.64. The first kappa shape index (κ1) is 14.8. The van der Waals surface area contributed by atoms with E-state index in [4.69, 9.17) is 0 Å². The van der Waals surface area contributed by atoms with Crippen molar-refractivity contribution in [3.8, 4) is 0 Å². The number of pyridine rings is 1. The molecule has 0 unspecified atom stereocenters. The van der Waals surface area contributed by atoms with Gasteiger partial charge in [-0.15, -0.1) is 0 Å². The number of nitrogens with zero attached hydrogens (tertiary/aromatic N) is 3. The van der Waals surface area contributed by atoms with Gasteiger partial charge in [0.15, 0.2) is 0 Å². The van der Waals surface area contributed by atoms with E-state index >= 15 is 0 Å². The van der Waals surface area contributed by atoms with Gasteiger partial charge in [0.1, 0.15) is 10.4 Å². The maximum absolute atomic E-state index is 13.4. The third-order valence-corrected chi connectivity index (χ3v) is 6.25. The molecule has 6 heteroatoms. The molecule has 4 nitrogen and oxygen atoms in total. The van der Waals surface area contributed by atoms with Crippen LogP contribution in [0.5, 0.6) is 0 Å². The van der Waals surface area contributed by atoms with E-state index in [2.05, 4.69) is 36.0 Å². The lowest BCUT2D eigenvalue weighted by atomic mass is 9.80. The molecule has 0 bridgehead atoms. The van der Waals surface area contributed by atoms with E-state index in [1.807, 2.05) is 0 Å². The van der Waals surface area contributed by atoms with E-state index in [1.165, 1.54) is 38.5 Å². The minimum absolute atomic E-state index is 0.268. The lowest BCUT2D eigenvalue weighted by molar-refractivity contribution is 0.136. The Kier molecular flexibility index (Phi) is 3.86. The van der Waals surface area contributed by atoms with Gasteiger partial charge < -0.3 is 10.2 Å². The second-order valence-corrected chi connectivity index (χ2v) is 7.74. The van der Waals surface area contributed by atoms with Crippen molar-refractivity contribution in [2.24, 2.45) is 5.41 Å². The van der Waals surface area contributed by atoms with E-state index < -0.39 is 0 Å². The maximum Gasteiger partial charge on any atom is 0.143 e. The molecule has 1 aliphatic carbocycles. The minimum atomic E-state index is -0.268. The second kappa shape index (κ2) is 5.73. The number of halogens is 2. The highest BCUT2D eigenvalue weighted by Gasteiger charge is 2.45. The van der Waals surface area contributed by atoms with E-state index in [9.17, 15) is 4.39 Å². The van der Waals surface area contributed by atoms with Crippen LogP contribution >= 0.6 is 15.9 Å². The van der Waals surface area contributed by atoms with E-state index in [0.717, 1.165) is 42.5 Å². The standard InChI is InChI=1S/C16H22BrFN4/c17-15-14(7-12(18)9-20-15)22-5-3-21(4-6-22)13-1-2-16(8-13)10-19-11-16/h7,9,13,19H,1-6,8,10-11H2/t13-/m1/s1. The lowest BCUT2D eigenvalue weighted by Gasteiger charge is -2.42. The molecule has 1 saturated carbocycles. The van der Waals surface area contributed by atoms with Gasteiger partial charge in [0.2, 0.25) is 0 Å². The first-order valence-electron chi connectivity index (χ1n) is 8.16. The quantitative estimate of drug-likeness (QED) is 0.811. The van der Waals surface area contributed by atoms with Gasteiger partial charge in [-0.25, -0.2) is 9.37 Å². The Morgan fingerprint density at radius 3 is 2.68 bits per heavy atom. The van der Waals surface area contributed by atoms with Crippen LogP contribution in [0.1, 0.15) is 19.3 Å². The first-order chi connectivity index (χ1) is 10.7. The highest BCUT2D eigenvalue weighted by Crippen LogP contribution is 2.43. The summed E-state index contributed by atoms with van der Waals surface area (Å²) in [6.07, 6.45) is 5.33. The molecule has 0 aromatic carbocycles. The summed E-state index contributed by atoms with van der Waals surface area (Å²) in [5, 5.41) is 3.43. The van der Waals surface area contributed by atoms with Gasteiger partial charge in [-0.3, -0.25) is 4.90 Å². The molecule has 2 aliphatic heterocycles. The largest absolute Gasteiger partial charge is 0.367 e. The first-order valence-corrected chi connectivity index (χ1v) is 8.95. The van der Waals surface area contributed by atoms with Crippen LogP contribution in [-0.4, -0.2) is 55.2 Å². The summed E-state index contributed by atoms with van der Waals surface area (Å²) in [6.45, 7) is 6.46. The smallest absolute Gasteiger partial charge is 0.143 e. The Hall–Kier alpha value is -0.720. The molecule has 4 rings (SSSR count). The normalized spacial score (nSPS) is 28.1. The molecule has 22 heavy (non-hydrogen) atoms. The molecule has 1 N–H and O–H groups in total. The minimum Gasteiger partial charge on any atom is -0.367 e. The number of aromatic nitrogens is 1. The second-order valence-electron chi connectivity index (χ2n) is 6.99. The van der Waals surface area contributed by atoms with Gasteiger partial charge in [-0.05, 0) is 40.6 Å². The average molecular weight is 369 g/mol. The van der Waals surface area contributed by atoms with Crippen molar-refractivity contribution in [1.82, 2.24) is 15.2 Å². The van der Waals surface area contributed by atoms with Gasteiger partial charge in [-0.1, -0.05) is 0 Å². The van der Waals surface area contributed by atoms with Crippen LogP contribution in [-0.2, 0) is 0 Å². The Morgan fingerprint density at radius 2 is 2.05 bits per heavy atom. The summed E-state index contributed by atoms with van der Waals surface area (Å²) in [5.41, 5.74) is 1.49. The molecule has 0 radical (unpaired) electrons. The molecular formula is C16H22BrFN4. The van der Waals surface area contributed by atoms with Crippen molar-refractivity contribution in [1.29, 1.82) is 0 Å². The Morgan fingerprint density at radius 1 is 1.27 bits per heavy atom. The fraction of sp³-hybridized carbons (Fsp3) is 0.688. The van der Waals surface area contributed by atoms with Crippen molar-refractivity contribution in [2.45, 2.75) is 25.3 Å². The zero-order valence-corrected chi connectivity index (χ0v) is 14.3. The number of anilines is 1. The Labute approximate surface area is 139 Å². The molecule has 1 spiro atoms. The fourth-order valence-corrected chi connectivity index (χ4v) is 4.72. The van der Waals surface area contributed by atoms with Gasteiger partial charge in [0, 0.05) is 51.4 Å². The number of nitrogens with one attached hydrogen (secondary N) is 1. The monoisotopic (exact) mass is 368 g/mol. The Bertz CT molecular complexity index is 555. The van der Waals surface area contributed by atoms with Crippen LogP contribution in [0.3, 0.4) is 0 Å². The topological polar surface area (TPSA) is 31.4 Å². The molecule has 3 aliphatic rings. The summed E-state index contributed by atoms with van der Waals surface area (Å²) in [5.74, 6) is -0.268. The fourth-order valence-electron chi connectivity index (χ4n) is 4.25. The lowest BCUT2D eigenvalue weighted by Crippen LogP contribution is -2.54. The van der Waals surface area contributed by atoms with Gasteiger partial charge >= 0.3 is 0 Å². The zero-order valence-electron chi connectivity index (χ0n) is 12.7. The summed E-state index contributed by atoms with van der Waals surface area (Å²) in [6, 6.07) is 2.33. The number of hydrogen-bond donors (Lipinski definition) is 1. The van der Waals surface area contributed by atoms with Gasteiger partial charge in [0.05, 0.1) is 11.9 Å². The zero-order chi connectivity index (χ0) is 15.2. The van der Waals surface area contributed by atoms with Crippen LogP contribution in [0.4, 0.5) is 10.1 Å². The molecule has 3 heterocycles.